The lowest BCUT2D eigenvalue weighted by Crippen LogP contribution is -2.43. The Hall–Kier alpha value is -3.09. The molecule has 4 rings (SSSR count). The SMILES string of the molecule is COc1ccc(CCNC(=O)C2CC(c3cccc4ccccc34)NN2)cc1OC. The molecule has 6 heteroatoms. The molecular weight excluding hydrogens is 378 g/mol. The van der Waals surface area contributed by atoms with Crippen LogP contribution in [0.4, 0.5) is 0 Å². The predicted molar refractivity (Wildman–Crippen MR) is 118 cm³/mol. The molecule has 1 heterocycles. The molecule has 0 radical (unpaired) electrons. The van der Waals surface area contributed by atoms with Crippen LogP contribution in [-0.2, 0) is 11.2 Å². The van der Waals surface area contributed by atoms with Gasteiger partial charge in [0.2, 0.25) is 5.91 Å². The minimum atomic E-state index is -0.264. The average Bonchev–Trinajstić information content (AvgIpc) is 3.28. The molecule has 0 spiro atoms. The second kappa shape index (κ2) is 9.15. The van der Waals surface area contributed by atoms with E-state index < -0.39 is 0 Å². The third-order valence-corrected chi connectivity index (χ3v) is 5.58. The van der Waals surface area contributed by atoms with Crippen molar-refractivity contribution in [1.82, 2.24) is 16.2 Å². The van der Waals surface area contributed by atoms with Crippen LogP contribution in [0.3, 0.4) is 0 Å². The Morgan fingerprint density at radius 2 is 1.80 bits per heavy atom. The van der Waals surface area contributed by atoms with Crippen LogP contribution in [0.25, 0.3) is 10.8 Å². The zero-order valence-corrected chi connectivity index (χ0v) is 17.3. The minimum absolute atomic E-state index is 0.00529. The number of hydrogen-bond acceptors (Lipinski definition) is 5. The molecule has 1 saturated heterocycles. The van der Waals surface area contributed by atoms with Crippen molar-refractivity contribution in [2.45, 2.75) is 24.9 Å². The van der Waals surface area contributed by atoms with E-state index in [-0.39, 0.29) is 18.0 Å². The van der Waals surface area contributed by atoms with Crippen molar-refractivity contribution in [2.24, 2.45) is 0 Å². The molecule has 3 aromatic rings. The van der Waals surface area contributed by atoms with Gasteiger partial charge in [0.05, 0.1) is 14.2 Å². The number of ether oxygens (including phenoxy) is 2. The van der Waals surface area contributed by atoms with Gasteiger partial charge in [-0.15, -0.1) is 0 Å². The Morgan fingerprint density at radius 3 is 2.63 bits per heavy atom. The highest BCUT2D eigenvalue weighted by molar-refractivity contribution is 5.87. The summed E-state index contributed by atoms with van der Waals surface area (Å²) in [4.78, 5) is 12.6. The fourth-order valence-electron chi connectivity index (χ4n) is 3.98. The summed E-state index contributed by atoms with van der Waals surface area (Å²) in [6.45, 7) is 0.561. The van der Waals surface area contributed by atoms with Gasteiger partial charge in [0.15, 0.2) is 11.5 Å². The number of hydrogen-bond donors (Lipinski definition) is 3. The number of carbonyl (C=O) groups is 1. The summed E-state index contributed by atoms with van der Waals surface area (Å²) in [7, 11) is 3.24. The Morgan fingerprint density at radius 1 is 1.00 bits per heavy atom. The first-order chi connectivity index (χ1) is 14.7. The molecule has 6 nitrogen and oxygen atoms in total. The summed E-state index contributed by atoms with van der Waals surface area (Å²) in [5.74, 6) is 1.40. The fraction of sp³-hybridized carbons (Fsp3) is 0.292. The third kappa shape index (κ3) is 4.25. The van der Waals surface area contributed by atoms with E-state index in [1.54, 1.807) is 14.2 Å². The van der Waals surface area contributed by atoms with Crippen LogP contribution in [0.1, 0.15) is 23.6 Å². The highest BCUT2D eigenvalue weighted by atomic mass is 16.5. The van der Waals surface area contributed by atoms with Gasteiger partial charge in [-0.3, -0.25) is 4.79 Å². The molecule has 0 bridgehead atoms. The number of hydrazine groups is 1. The van der Waals surface area contributed by atoms with Gasteiger partial charge in [0, 0.05) is 12.6 Å². The van der Waals surface area contributed by atoms with Crippen LogP contribution in [0.5, 0.6) is 11.5 Å². The largest absolute Gasteiger partial charge is 0.493 e. The molecular formula is C24H27N3O3. The molecule has 0 saturated carbocycles. The van der Waals surface area contributed by atoms with Gasteiger partial charge in [-0.25, -0.2) is 10.9 Å². The average molecular weight is 405 g/mol. The van der Waals surface area contributed by atoms with E-state index in [2.05, 4.69) is 46.5 Å². The monoisotopic (exact) mass is 405 g/mol. The summed E-state index contributed by atoms with van der Waals surface area (Å²) in [5, 5.41) is 5.46. The molecule has 3 aromatic carbocycles. The van der Waals surface area contributed by atoms with E-state index >= 15 is 0 Å². The van der Waals surface area contributed by atoms with Crippen molar-refractivity contribution >= 4 is 16.7 Å². The van der Waals surface area contributed by atoms with Crippen molar-refractivity contribution in [1.29, 1.82) is 0 Å². The molecule has 1 aliphatic heterocycles. The molecule has 0 aromatic heterocycles. The van der Waals surface area contributed by atoms with Gasteiger partial charge < -0.3 is 14.8 Å². The summed E-state index contributed by atoms with van der Waals surface area (Å²) < 4.78 is 10.6. The summed E-state index contributed by atoms with van der Waals surface area (Å²) in [5.41, 5.74) is 8.74. The lowest BCUT2D eigenvalue weighted by Gasteiger charge is -2.13. The fourth-order valence-corrected chi connectivity index (χ4v) is 3.98. The highest BCUT2D eigenvalue weighted by Gasteiger charge is 2.30. The minimum Gasteiger partial charge on any atom is -0.493 e. The second-order valence-electron chi connectivity index (χ2n) is 7.43. The number of amides is 1. The molecule has 0 aliphatic carbocycles. The Labute approximate surface area is 176 Å². The summed E-state index contributed by atoms with van der Waals surface area (Å²) in [6.07, 6.45) is 1.43. The zero-order chi connectivity index (χ0) is 20.9. The molecule has 156 valence electrons. The number of nitrogens with one attached hydrogen (secondary N) is 3. The standard InChI is InChI=1S/C24H27N3O3/c1-29-22-11-10-16(14-23(22)30-2)12-13-25-24(28)21-15-20(26-27-21)19-9-5-7-17-6-3-4-8-18(17)19/h3-11,14,20-21,26-27H,12-13,15H2,1-2H3,(H,25,28). The number of fused-ring (bicyclic) bond motifs is 1. The number of benzene rings is 3. The molecule has 1 amide bonds. The smallest absolute Gasteiger partial charge is 0.238 e. The van der Waals surface area contributed by atoms with Gasteiger partial charge >= 0.3 is 0 Å². The molecule has 2 atom stereocenters. The van der Waals surface area contributed by atoms with Crippen molar-refractivity contribution in [3.8, 4) is 11.5 Å². The topological polar surface area (TPSA) is 71.6 Å². The first kappa shape index (κ1) is 20.2. The normalized spacial score (nSPS) is 18.3. The van der Waals surface area contributed by atoms with Crippen molar-refractivity contribution in [3.63, 3.8) is 0 Å². The lowest BCUT2D eigenvalue weighted by atomic mass is 9.96. The molecule has 1 aliphatic rings. The first-order valence-corrected chi connectivity index (χ1v) is 10.2. The van der Waals surface area contributed by atoms with Crippen molar-refractivity contribution in [2.75, 3.05) is 20.8 Å². The van der Waals surface area contributed by atoms with Gasteiger partial charge in [0.25, 0.3) is 0 Å². The lowest BCUT2D eigenvalue weighted by molar-refractivity contribution is -0.122. The van der Waals surface area contributed by atoms with E-state index in [0.717, 1.165) is 12.0 Å². The third-order valence-electron chi connectivity index (χ3n) is 5.58. The molecule has 30 heavy (non-hydrogen) atoms. The number of methoxy groups -OCH3 is 2. The Balaban J connectivity index is 1.33. The van der Waals surface area contributed by atoms with Crippen molar-refractivity contribution < 1.29 is 14.3 Å². The highest BCUT2D eigenvalue weighted by Crippen LogP contribution is 2.29. The number of rotatable bonds is 7. The van der Waals surface area contributed by atoms with Crippen molar-refractivity contribution in [3.05, 3.63) is 71.8 Å². The maximum absolute atomic E-state index is 12.6. The first-order valence-electron chi connectivity index (χ1n) is 10.2. The van der Waals surface area contributed by atoms with Crippen LogP contribution in [-0.4, -0.2) is 32.7 Å². The zero-order valence-electron chi connectivity index (χ0n) is 17.3. The van der Waals surface area contributed by atoms with Gasteiger partial charge in [-0.1, -0.05) is 48.5 Å². The van der Waals surface area contributed by atoms with E-state index in [4.69, 9.17) is 9.47 Å². The molecule has 1 fully saturated rings. The van der Waals surface area contributed by atoms with E-state index in [1.165, 1.54) is 16.3 Å². The van der Waals surface area contributed by atoms with E-state index in [0.29, 0.717) is 24.5 Å². The van der Waals surface area contributed by atoms with Gasteiger partial charge in [0.1, 0.15) is 6.04 Å². The van der Waals surface area contributed by atoms with Gasteiger partial charge in [-0.05, 0) is 46.9 Å². The van der Waals surface area contributed by atoms with Crippen LogP contribution in [0.15, 0.2) is 60.7 Å². The maximum Gasteiger partial charge on any atom is 0.238 e. The van der Waals surface area contributed by atoms with Crippen LogP contribution < -0.4 is 25.6 Å². The Kier molecular flexibility index (Phi) is 6.16. The number of carbonyl (C=O) groups excluding carboxylic acids is 1. The molecule has 2 unspecified atom stereocenters. The predicted octanol–water partition coefficient (Wildman–Crippen LogP) is 3.12. The van der Waals surface area contributed by atoms with Crippen LogP contribution in [0.2, 0.25) is 0 Å². The Bertz CT molecular complexity index is 1030. The maximum atomic E-state index is 12.6. The summed E-state index contributed by atoms with van der Waals surface area (Å²) in [6, 6.07) is 20.3. The summed E-state index contributed by atoms with van der Waals surface area (Å²) >= 11 is 0. The second-order valence-corrected chi connectivity index (χ2v) is 7.43. The van der Waals surface area contributed by atoms with E-state index in [9.17, 15) is 4.79 Å². The van der Waals surface area contributed by atoms with E-state index in [1.807, 2.05) is 30.3 Å². The quantitative estimate of drug-likeness (QED) is 0.563. The van der Waals surface area contributed by atoms with Gasteiger partial charge in [-0.2, -0.15) is 0 Å². The van der Waals surface area contributed by atoms with Crippen LogP contribution >= 0.6 is 0 Å². The molecule has 3 N–H and O–H groups in total. The van der Waals surface area contributed by atoms with Crippen LogP contribution in [0, 0.1) is 0 Å².